The lowest BCUT2D eigenvalue weighted by Crippen LogP contribution is -2.46. The zero-order chi connectivity index (χ0) is 18.3. The molecule has 2 N–H and O–H groups in total. The Morgan fingerprint density at radius 1 is 1.08 bits per heavy atom. The van der Waals surface area contributed by atoms with Gasteiger partial charge in [-0.05, 0) is 38.1 Å². The minimum Gasteiger partial charge on any atom is -0.478 e. The molecule has 2 aliphatic rings. The molecule has 2 atom stereocenters. The zero-order valence-corrected chi connectivity index (χ0v) is 15.0. The number of nitrogens with one attached hydrogen (secondary N) is 1. The molecule has 2 heterocycles. The quantitative estimate of drug-likeness (QED) is 0.880. The van der Waals surface area contributed by atoms with Crippen LogP contribution in [0.4, 0.5) is 22.7 Å². The van der Waals surface area contributed by atoms with Crippen molar-refractivity contribution in [3.63, 3.8) is 0 Å². The lowest BCUT2D eigenvalue weighted by Gasteiger charge is -2.38. The Labute approximate surface area is 153 Å². The fourth-order valence-corrected chi connectivity index (χ4v) is 3.93. The molecule has 1 fully saturated rings. The third-order valence-corrected chi connectivity index (χ3v) is 4.90. The van der Waals surface area contributed by atoms with E-state index in [0.29, 0.717) is 12.2 Å². The van der Waals surface area contributed by atoms with Gasteiger partial charge in [-0.25, -0.2) is 4.79 Å². The molecule has 0 amide bonds. The normalized spacial score (nSPS) is 22.1. The fourth-order valence-electron chi connectivity index (χ4n) is 3.93. The Kier molecular flexibility index (Phi) is 4.20. The van der Waals surface area contributed by atoms with E-state index < -0.39 is 5.97 Å². The van der Waals surface area contributed by atoms with E-state index in [1.165, 1.54) is 0 Å². The van der Waals surface area contributed by atoms with Gasteiger partial charge in [-0.2, -0.15) is 0 Å². The SMILES string of the molecule is CC1CN(c2ccccc2N2CNc3cccc(C(=O)O)c32)CC(C)O1. The average Bonchev–Trinajstić information content (AvgIpc) is 3.04. The van der Waals surface area contributed by atoms with Crippen molar-refractivity contribution in [3.8, 4) is 0 Å². The van der Waals surface area contributed by atoms with Crippen molar-refractivity contribution in [3.05, 3.63) is 48.0 Å². The summed E-state index contributed by atoms with van der Waals surface area (Å²) < 4.78 is 5.86. The molecular formula is C20H23N3O3. The minimum absolute atomic E-state index is 0.158. The molecule has 6 nitrogen and oxygen atoms in total. The second-order valence-corrected chi connectivity index (χ2v) is 6.92. The first-order chi connectivity index (χ1) is 12.5. The maximum absolute atomic E-state index is 11.7. The van der Waals surface area contributed by atoms with Crippen molar-refractivity contribution in [2.45, 2.75) is 26.1 Å². The smallest absolute Gasteiger partial charge is 0.337 e. The van der Waals surface area contributed by atoms with Crippen LogP contribution < -0.4 is 15.1 Å². The summed E-state index contributed by atoms with van der Waals surface area (Å²) in [5.41, 5.74) is 3.99. The molecule has 0 aromatic heterocycles. The van der Waals surface area contributed by atoms with Crippen LogP contribution in [0.25, 0.3) is 0 Å². The Morgan fingerprint density at radius 3 is 2.46 bits per heavy atom. The Bertz CT molecular complexity index is 829. The number of para-hydroxylation sites is 3. The van der Waals surface area contributed by atoms with E-state index in [-0.39, 0.29) is 12.2 Å². The molecule has 136 valence electrons. The standard InChI is InChI=1S/C20H23N3O3/c1-13-10-22(11-14(2)26-13)17-8-3-4-9-18(17)23-12-21-16-7-5-6-15(19(16)23)20(24)25/h3-9,13-14,21H,10-12H2,1-2H3,(H,24,25). The van der Waals surface area contributed by atoms with Crippen molar-refractivity contribution >= 4 is 28.7 Å². The molecule has 2 aromatic carbocycles. The molecule has 0 spiro atoms. The van der Waals surface area contributed by atoms with Crippen LogP contribution in [0.3, 0.4) is 0 Å². The molecule has 0 radical (unpaired) electrons. The van der Waals surface area contributed by atoms with E-state index in [9.17, 15) is 9.90 Å². The van der Waals surface area contributed by atoms with E-state index in [4.69, 9.17) is 4.74 Å². The van der Waals surface area contributed by atoms with Crippen molar-refractivity contribution < 1.29 is 14.6 Å². The van der Waals surface area contributed by atoms with E-state index in [1.54, 1.807) is 12.1 Å². The maximum atomic E-state index is 11.7. The molecular weight excluding hydrogens is 330 g/mol. The molecule has 4 rings (SSSR count). The van der Waals surface area contributed by atoms with Crippen LogP contribution in [-0.4, -0.2) is 43.0 Å². The summed E-state index contributed by atoms with van der Waals surface area (Å²) in [4.78, 5) is 16.1. The van der Waals surface area contributed by atoms with Crippen LogP contribution in [0.1, 0.15) is 24.2 Å². The number of nitrogens with zero attached hydrogens (tertiary/aromatic N) is 2. The topological polar surface area (TPSA) is 65.0 Å². The highest BCUT2D eigenvalue weighted by atomic mass is 16.5. The Balaban J connectivity index is 1.77. The van der Waals surface area contributed by atoms with Gasteiger partial charge in [-0.1, -0.05) is 18.2 Å². The number of ether oxygens (including phenoxy) is 1. The predicted molar refractivity (Wildman–Crippen MR) is 103 cm³/mol. The summed E-state index contributed by atoms with van der Waals surface area (Å²) in [6, 6.07) is 13.5. The van der Waals surface area contributed by atoms with Gasteiger partial charge in [0.25, 0.3) is 0 Å². The number of benzene rings is 2. The summed E-state index contributed by atoms with van der Waals surface area (Å²) in [7, 11) is 0. The largest absolute Gasteiger partial charge is 0.478 e. The Hall–Kier alpha value is -2.73. The molecule has 0 aliphatic carbocycles. The molecule has 1 saturated heterocycles. The van der Waals surface area contributed by atoms with Crippen LogP contribution >= 0.6 is 0 Å². The fraction of sp³-hybridized carbons (Fsp3) is 0.350. The highest BCUT2D eigenvalue weighted by Gasteiger charge is 2.30. The summed E-state index contributed by atoms with van der Waals surface area (Å²) in [6.07, 6.45) is 0.316. The predicted octanol–water partition coefficient (Wildman–Crippen LogP) is 3.52. The summed E-state index contributed by atoms with van der Waals surface area (Å²) >= 11 is 0. The Morgan fingerprint density at radius 2 is 1.77 bits per heavy atom. The maximum Gasteiger partial charge on any atom is 0.337 e. The number of morpholine rings is 1. The van der Waals surface area contributed by atoms with Gasteiger partial charge < -0.3 is 25.0 Å². The van der Waals surface area contributed by atoms with E-state index in [0.717, 1.165) is 35.8 Å². The third kappa shape index (κ3) is 2.86. The zero-order valence-electron chi connectivity index (χ0n) is 15.0. The molecule has 0 saturated carbocycles. The number of hydrogen-bond acceptors (Lipinski definition) is 5. The van der Waals surface area contributed by atoms with Crippen LogP contribution in [-0.2, 0) is 4.74 Å². The third-order valence-electron chi connectivity index (χ3n) is 4.90. The van der Waals surface area contributed by atoms with Gasteiger partial charge >= 0.3 is 5.97 Å². The number of fused-ring (bicyclic) bond motifs is 1. The van der Waals surface area contributed by atoms with Crippen molar-refractivity contribution in [2.24, 2.45) is 0 Å². The van der Waals surface area contributed by atoms with E-state index >= 15 is 0 Å². The monoisotopic (exact) mass is 353 g/mol. The molecule has 6 heteroatoms. The van der Waals surface area contributed by atoms with E-state index in [2.05, 4.69) is 41.1 Å². The van der Waals surface area contributed by atoms with Gasteiger partial charge in [0.05, 0.1) is 47.2 Å². The number of hydrogen-bond donors (Lipinski definition) is 2. The lowest BCUT2D eigenvalue weighted by atomic mass is 10.1. The van der Waals surface area contributed by atoms with Gasteiger partial charge in [0.15, 0.2) is 0 Å². The molecule has 0 bridgehead atoms. The van der Waals surface area contributed by atoms with Crippen molar-refractivity contribution in [1.29, 1.82) is 0 Å². The minimum atomic E-state index is -0.915. The van der Waals surface area contributed by atoms with Gasteiger partial charge in [0.2, 0.25) is 0 Å². The number of carboxylic acids is 1. The molecule has 2 aliphatic heterocycles. The summed E-state index contributed by atoms with van der Waals surface area (Å²) in [6.45, 7) is 6.35. The number of aromatic carboxylic acids is 1. The number of anilines is 4. The first-order valence-electron chi connectivity index (χ1n) is 8.91. The average molecular weight is 353 g/mol. The van der Waals surface area contributed by atoms with Crippen LogP contribution in [0, 0.1) is 0 Å². The lowest BCUT2D eigenvalue weighted by molar-refractivity contribution is -0.00518. The van der Waals surface area contributed by atoms with Gasteiger partial charge in [-0.3, -0.25) is 0 Å². The van der Waals surface area contributed by atoms with Gasteiger partial charge in [0.1, 0.15) is 0 Å². The number of rotatable bonds is 3. The van der Waals surface area contributed by atoms with Crippen LogP contribution in [0.5, 0.6) is 0 Å². The van der Waals surface area contributed by atoms with Gasteiger partial charge in [-0.15, -0.1) is 0 Å². The first-order valence-corrected chi connectivity index (χ1v) is 8.91. The van der Waals surface area contributed by atoms with Crippen molar-refractivity contribution in [2.75, 3.05) is 34.9 Å². The number of carbonyl (C=O) groups is 1. The van der Waals surface area contributed by atoms with E-state index in [1.807, 2.05) is 18.2 Å². The second kappa shape index (κ2) is 6.53. The summed E-state index contributed by atoms with van der Waals surface area (Å²) in [5.74, 6) is -0.915. The highest BCUT2D eigenvalue weighted by molar-refractivity contribution is 6.02. The highest BCUT2D eigenvalue weighted by Crippen LogP contribution is 2.43. The molecule has 2 aromatic rings. The van der Waals surface area contributed by atoms with Gasteiger partial charge in [0, 0.05) is 13.1 Å². The second-order valence-electron chi connectivity index (χ2n) is 6.92. The van der Waals surface area contributed by atoms with Crippen LogP contribution in [0.2, 0.25) is 0 Å². The number of carboxylic acid groups (broad SMARTS) is 1. The molecule has 2 unspecified atom stereocenters. The molecule has 26 heavy (non-hydrogen) atoms. The first kappa shape index (κ1) is 16.7. The summed E-state index contributed by atoms with van der Waals surface area (Å²) in [5, 5.41) is 12.9. The van der Waals surface area contributed by atoms with Crippen molar-refractivity contribution in [1.82, 2.24) is 0 Å². The van der Waals surface area contributed by atoms with Crippen LogP contribution in [0.15, 0.2) is 42.5 Å².